The van der Waals surface area contributed by atoms with Gasteiger partial charge in [0.1, 0.15) is 18.0 Å². The number of ketones is 1. The lowest BCUT2D eigenvalue weighted by Gasteiger charge is -2.25. The summed E-state index contributed by atoms with van der Waals surface area (Å²) in [6.07, 6.45) is 8.21. The first-order valence-corrected chi connectivity index (χ1v) is 8.76. The fraction of sp³-hybridized carbons (Fsp3) is 0. The first-order valence-electron chi connectivity index (χ1n) is 7.88. The summed E-state index contributed by atoms with van der Waals surface area (Å²) in [4.78, 5) is 15.1. The highest BCUT2D eigenvalue weighted by Gasteiger charge is 2.24. The number of nitrogens with zero attached hydrogens (tertiary/aromatic N) is 3. The van der Waals surface area contributed by atoms with Gasteiger partial charge in [0.25, 0.3) is 0 Å². The molecule has 1 aromatic heterocycles. The Kier molecular flexibility index (Phi) is 5.41. The van der Waals surface area contributed by atoms with Gasteiger partial charge in [-0.3, -0.25) is 4.79 Å². The van der Waals surface area contributed by atoms with E-state index in [-0.39, 0.29) is 22.9 Å². The summed E-state index contributed by atoms with van der Waals surface area (Å²) >= 11 is 1.29. The molecule has 1 aliphatic heterocycles. The van der Waals surface area contributed by atoms with Gasteiger partial charge in [0, 0.05) is 6.20 Å². The second-order valence-corrected chi connectivity index (χ2v) is 6.39. The highest BCUT2D eigenvalue weighted by molar-refractivity contribution is 7.12. The number of hydrogen-bond acceptors (Lipinski definition) is 5. The Labute approximate surface area is 159 Å². The summed E-state index contributed by atoms with van der Waals surface area (Å²) < 4.78 is 13.2. The van der Waals surface area contributed by atoms with E-state index in [4.69, 9.17) is 0 Å². The van der Waals surface area contributed by atoms with Crippen molar-refractivity contribution in [1.29, 1.82) is 10.5 Å². The Bertz CT molecular complexity index is 1050. The predicted molar refractivity (Wildman–Crippen MR) is 101 cm³/mol. The van der Waals surface area contributed by atoms with Gasteiger partial charge in [-0.15, -0.1) is 11.3 Å². The Hall–Kier alpha value is -3.74. The zero-order valence-electron chi connectivity index (χ0n) is 14.0. The highest BCUT2D eigenvalue weighted by atomic mass is 32.1. The van der Waals surface area contributed by atoms with Crippen LogP contribution in [0.4, 0.5) is 4.39 Å². The number of carbonyl (C=O) groups excluding carboxylic acids is 1. The third kappa shape index (κ3) is 3.92. The summed E-state index contributed by atoms with van der Waals surface area (Å²) in [5.41, 5.74) is 1.07. The van der Waals surface area contributed by atoms with E-state index in [2.05, 4.69) is 0 Å². The molecule has 4 nitrogen and oxygen atoms in total. The van der Waals surface area contributed by atoms with Crippen molar-refractivity contribution in [1.82, 2.24) is 4.90 Å². The van der Waals surface area contributed by atoms with Crippen molar-refractivity contribution >= 4 is 23.2 Å². The van der Waals surface area contributed by atoms with Crippen LogP contribution in [0.3, 0.4) is 0 Å². The van der Waals surface area contributed by atoms with Gasteiger partial charge < -0.3 is 4.90 Å². The number of carbonyl (C=O) groups is 1. The lowest BCUT2D eigenvalue weighted by Crippen LogP contribution is -2.23. The molecule has 2 aromatic rings. The van der Waals surface area contributed by atoms with Crippen LogP contribution in [0.15, 0.2) is 83.2 Å². The molecule has 2 heterocycles. The van der Waals surface area contributed by atoms with Crippen LogP contribution in [0.2, 0.25) is 0 Å². The third-order valence-electron chi connectivity index (χ3n) is 3.75. The number of benzene rings is 1. The molecule has 0 saturated heterocycles. The highest BCUT2D eigenvalue weighted by Crippen LogP contribution is 2.27. The molecule has 0 N–H and O–H groups in total. The Morgan fingerprint density at radius 3 is 2.48 bits per heavy atom. The number of nitriles is 2. The molecule has 0 spiro atoms. The number of allylic oxidation sites excluding steroid dienone is 5. The standard InChI is InChI=1S/C21H12FN3OS/c22-17-8-6-15(7-9-17)12-19(21(26)20-5-3-11-27-20)25-10-2-1-4-18(25)16(13-23)14-24/h1-12H/b19-12-. The minimum absolute atomic E-state index is 0.111. The van der Waals surface area contributed by atoms with Crippen LogP contribution in [0.1, 0.15) is 15.2 Å². The van der Waals surface area contributed by atoms with Crippen molar-refractivity contribution in [2.75, 3.05) is 0 Å². The van der Waals surface area contributed by atoms with Crippen LogP contribution in [-0.2, 0) is 0 Å². The van der Waals surface area contributed by atoms with E-state index in [1.54, 1.807) is 60.1 Å². The minimum Gasteiger partial charge on any atom is -0.312 e. The van der Waals surface area contributed by atoms with Crippen molar-refractivity contribution in [3.63, 3.8) is 0 Å². The number of halogens is 1. The van der Waals surface area contributed by atoms with E-state index >= 15 is 0 Å². The molecule has 0 bridgehead atoms. The molecular weight excluding hydrogens is 361 g/mol. The molecule has 0 aliphatic carbocycles. The molecule has 130 valence electrons. The van der Waals surface area contributed by atoms with Gasteiger partial charge >= 0.3 is 0 Å². The SMILES string of the molecule is N#CC(C#N)=C1C=CC=CN1/C(=C\c1ccc(F)cc1)C(=O)c1cccs1. The van der Waals surface area contributed by atoms with Crippen LogP contribution >= 0.6 is 11.3 Å². The quantitative estimate of drug-likeness (QED) is 0.439. The van der Waals surface area contributed by atoms with Gasteiger partial charge in [-0.05, 0) is 47.4 Å². The fourth-order valence-corrected chi connectivity index (χ4v) is 3.16. The second-order valence-electron chi connectivity index (χ2n) is 5.44. The van der Waals surface area contributed by atoms with Crippen molar-refractivity contribution < 1.29 is 9.18 Å². The lowest BCUT2D eigenvalue weighted by molar-refractivity contribution is 0.101. The maximum absolute atomic E-state index is 13.2. The van der Waals surface area contributed by atoms with Gasteiger partial charge in [0.05, 0.1) is 16.3 Å². The van der Waals surface area contributed by atoms with Crippen molar-refractivity contribution in [2.24, 2.45) is 0 Å². The van der Waals surface area contributed by atoms with E-state index < -0.39 is 0 Å². The average Bonchev–Trinajstić information content (AvgIpc) is 3.23. The van der Waals surface area contributed by atoms with Crippen molar-refractivity contribution in [3.05, 3.63) is 99.4 Å². The molecule has 0 unspecified atom stereocenters. The predicted octanol–water partition coefficient (Wildman–Crippen LogP) is 4.80. The number of thiophene rings is 1. The maximum atomic E-state index is 13.2. The summed E-state index contributed by atoms with van der Waals surface area (Å²) in [5.74, 6) is -0.641. The number of rotatable bonds is 4. The zero-order chi connectivity index (χ0) is 19.2. The molecular formula is C21H12FN3OS. The van der Waals surface area contributed by atoms with Gasteiger partial charge in [-0.25, -0.2) is 4.39 Å². The Morgan fingerprint density at radius 2 is 1.85 bits per heavy atom. The summed E-state index contributed by atoms with van der Waals surface area (Å²) in [6, 6.07) is 12.9. The fourth-order valence-electron chi connectivity index (χ4n) is 2.49. The Morgan fingerprint density at radius 1 is 1.11 bits per heavy atom. The average molecular weight is 373 g/mol. The van der Waals surface area contributed by atoms with E-state index in [0.29, 0.717) is 16.1 Å². The zero-order valence-corrected chi connectivity index (χ0v) is 14.8. The van der Waals surface area contributed by atoms with Gasteiger partial charge in [-0.1, -0.05) is 24.3 Å². The lowest BCUT2D eigenvalue weighted by atomic mass is 10.1. The topological polar surface area (TPSA) is 67.9 Å². The van der Waals surface area contributed by atoms with E-state index in [9.17, 15) is 19.7 Å². The van der Waals surface area contributed by atoms with Gasteiger partial charge in [0.15, 0.2) is 5.57 Å². The number of hydrogen-bond donors (Lipinski definition) is 0. The normalized spacial score (nSPS) is 13.2. The smallest absolute Gasteiger partial charge is 0.219 e. The van der Waals surface area contributed by atoms with Crippen LogP contribution in [0.25, 0.3) is 6.08 Å². The van der Waals surface area contributed by atoms with Crippen LogP contribution in [-0.4, -0.2) is 10.7 Å². The summed E-state index contributed by atoms with van der Waals surface area (Å²) in [6.45, 7) is 0. The summed E-state index contributed by atoms with van der Waals surface area (Å²) in [7, 11) is 0. The van der Waals surface area contributed by atoms with Gasteiger partial charge in [-0.2, -0.15) is 10.5 Å². The largest absolute Gasteiger partial charge is 0.312 e. The molecule has 0 atom stereocenters. The second kappa shape index (κ2) is 8.09. The molecule has 0 radical (unpaired) electrons. The first kappa shape index (κ1) is 18.1. The van der Waals surface area contributed by atoms with Crippen molar-refractivity contribution in [2.45, 2.75) is 0 Å². The minimum atomic E-state index is -0.379. The molecule has 1 aliphatic rings. The molecule has 3 rings (SSSR count). The van der Waals surface area contributed by atoms with Crippen LogP contribution in [0.5, 0.6) is 0 Å². The maximum Gasteiger partial charge on any atom is 0.219 e. The molecule has 0 saturated carbocycles. The molecule has 6 heteroatoms. The van der Waals surface area contributed by atoms with E-state index in [0.717, 1.165) is 0 Å². The van der Waals surface area contributed by atoms with Crippen LogP contribution < -0.4 is 0 Å². The summed E-state index contributed by atoms with van der Waals surface area (Å²) in [5, 5.41) is 20.3. The molecule has 1 aromatic carbocycles. The van der Waals surface area contributed by atoms with Crippen LogP contribution in [0, 0.1) is 28.5 Å². The molecule has 0 fully saturated rings. The first-order chi connectivity index (χ1) is 13.1. The van der Waals surface area contributed by atoms with Crippen molar-refractivity contribution in [3.8, 4) is 12.1 Å². The Balaban J connectivity index is 2.16. The molecule has 27 heavy (non-hydrogen) atoms. The molecule has 0 amide bonds. The van der Waals surface area contributed by atoms with Gasteiger partial charge in [0.2, 0.25) is 5.78 Å². The van der Waals surface area contributed by atoms with E-state index in [1.165, 1.54) is 28.4 Å². The monoisotopic (exact) mass is 373 g/mol. The number of Topliss-reactive ketones (excluding diaryl/α,β-unsaturated/α-hetero) is 1. The third-order valence-corrected chi connectivity index (χ3v) is 4.62. The van der Waals surface area contributed by atoms with E-state index in [1.807, 2.05) is 12.1 Å².